The Morgan fingerprint density at radius 2 is 2.06 bits per heavy atom. The van der Waals surface area contributed by atoms with E-state index in [9.17, 15) is 0 Å². The quantitative estimate of drug-likeness (QED) is 0.798. The number of hydrogen-bond acceptors (Lipinski definition) is 4. The Balaban J connectivity index is 2.28. The van der Waals surface area contributed by atoms with E-state index in [0.717, 1.165) is 31.2 Å². The first-order valence-corrected chi connectivity index (χ1v) is 6.22. The number of anilines is 1. The van der Waals surface area contributed by atoms with Gasteiger partial charge >= 0.3 is 0 Å². The third-order valence-electron chi connectivity index (χ3n) is 2.89. The smallest absolute Gasteiger partial charge is 0.146 e. The van der Waals surface area contributed by atoms with E-state index in [4.69, 9.17) is 5.26 Å². The Kier molecular flexibility index (Phi) is 3.58. The van der Waals surface area contributed by atoms with Gasteiger partial charge < -0.3 is 4.90 Å². The van der Waals surface area contributed by atoms with E-state index in [1.807, 2.05) is 0 Å². The monoisotopic (exact) mass is 230 g/mol. The van der Waals surface area contributed by atoms with E-state index >= 15 is 0 Å². The molecular formula is C13H18N4. The van der Waals surface area contributed by atoms with Gasteiger partial charge in [0, 0.05) is 25.6 Å². The topological polar surface area (TPSA) is 52.8 Å². The minimum atomic E-state index is 0.484. The lowest BCUT2D eigenvalue weighted by molar-refractivity contribution is 0.619. The lowest BCUT2D eigenvalue weighted by Gasteiger charge is -2.17. The van der Waals surface area contributed by atoms with E-state index < -0.39 is 0 Å². The first-order chi connectivity index (χ1) is 8.19. The van der Waals surface area contributed by atoms with Crippen molar-refractivity contribution in [2.45, 2.75) is 33.1 Å². The van der Waals surface area contributed by atoms with Crippen LogP contribution in [0.5, 0.6) is 0 Å². The molecule has 0 atom stereocenters. The molecule has 4 nitrogen and oxygen atoms in total. The maximum Gasteiger partial charge on any atom is 0.146 e. The van der Waals surface area contributed by atoms with Gasteiger partial charge in [0.15, 0.2) is 0 Å². The highest BCUT2D eigenvalue weighted by molar-refractivity contribution is 5.43. The molecule has 0 spiro atoms. The van der Waals surface area contributed by atoms with Crippen molar-refractivity contribution in [1.29, 1.82) is 5.26 Å². The molecule has 1 aromatic rings. The molecule has 2 heterocycles. The molecule has 4 heteroatoms. The second kappa shape index (κ2) is 5.13. The van der Waals surface area contributed by atoms with Crippen LogP contribution in [-0.2, 0) is 6.42 Å². The normalized spacial score (nSPS) is 15.3. The molecule has 0 aliphatic carbocycles. The van der Waals surface area contributed by atoms with Crippen LogP contribution in [-0.4, -0.2) is 23.1 Å². The second-order valence-electron chi connectivity index (χ2n) is 4.93. The number of aromatic nitrogens is 2. The van der Waals surface area contributed by atoms with Crippen molar-refractivity contribution >= 4 is 5.82 Å². The van der Waals surface area contributed by atoms with Crippen LogP contribution in [0.2, 0.25) is 0 Å². The van der Waals surface area contributed by atoms with Crippen LogP contribution in [0.3, 0.4) is 0 Å². The maximum atomic E-state index is 9.00. The van der Waals surface area contributed by atoms with Crippen LogP contribution in [0, 0.1) is 17.2 Å². The van der Waals surface area contributed by atoms with Gasteiger partial charge in [0.25, 0.3) is 0 Å². The van der Waals surface area contributed by atoms with Crippen molar-refractivity contribution in [2.75, 3.05) is 18.0 Å². The fourth-order valence-electron chi connectivity index (χ4n) is 2.11. The molecule has 17 heavy (non-hydrogen) atoms. The average molecular weight is 230 g/mol. The van der Waals surface area contributed by atoms with Gasteiger partial charge in [-0.1, -0.05) is 13.8 Å². The molecule has 0 radical (unpaired) electrons. The predicted molar refractivity (Wildman–Crippen MR) is 66.7 cm³/mol. The fraction of sp³-hybridized carbons (Fsp3) is 0.615. The van der Waals surface area contributed by atoms with Gasteiger partial charge in [0.05, 0.1) is 0 Å². The summed E-state index contributed by atoms with van der Waals surface area (Å²) in [6, 6.07) is 3.93. The predicted octanol–water partition coefficient (Wildman–Crippen LogP) is 2.15. The van der Waals surface area contributed by atoms with Crippen molar-refractivity contribution in [2.24, 2.45) is 5.92 Å². The van der Waals surface area contributed by atoms with E-state index in [-0.39, 0.29) is 0 Å². The SMILES string of the molecule is CC(C)Cc1nc(C#N)cc(N2CCCC2)n1. The van der Waals surface area contributed by atoms with Gasteiger partial charge in [0.2, 0.25) is 0 Å². The molecular weight excluding hydrogens is 212 g/mol. The van der Waals surface area contributed by atoms with Crippen molar-refractivity contribution in [1.82, 2.24) is 9.97 Å². The highest BCUT2D eigenvalue weighted by atomic mass is 15.2. The first kappa shape index (κ1) is 11.8. The van der Waals surface area contributed by atoms with Gasteiger partial charge in [-0.3, -0.25) is 0 Å². The molecule has 1 aliphatic rings. The molecule has 0 unspecified atom stereocenters. The highest BCUT2D eigenvalue weighted by Gasteiger charge is 2.16. The Morgan fingerprint density at radius 1 is 1.35 bits per heavy atom. The summed E-state index contributed by atoms with van der Waals surface area (Å²) < 4.78 is 0. The van der Waals surface area contributed by atoms with Gasteiger partial charge in [-0.15, -0.1) is 0 Å². The molecule has 1 aliphatic heterocycles. The van der Waals surface area contributed by atoms with E-state index in [2.05, 4.69) is 34.8 Å². The zero-order chi connectivity index (χ0) is 12.3. The van der Waals surface area contributed by atoms with E-state index in [1.54, 1.807) is 6.07 Å². The lowest BCUT2D eigenvalue weighted by Crippen LogP contribution is -2.20. The minimum absolute atomic E-state index is 0.484. The molecule has 90 valence electrons. The second-order valence-corrected chi connectivity index (χ2v) is 4.93. The average Bonchev–Trinajstić information content (AvgIpc) is 2.81. The zero-order valence-corrected chi connectivity index (χ0v) is 10.5. The fourth-order valence-corrected chi connectivity index (χ4v) is 2.11. The summed E-state index contributed by atoms with van der Waals surface area (Å²) in [6.07, 6.45) is 3.26. The number of rotatable bonds is 3. The van der Waals surface area contributed by atoms with Crippen molar-refractivity contribution in [3.8, 4) is 6.07 Å². The molecule has 1 aromatic heterocycles. The summed E-state index contributed by atoms with van der Waals surface area (Å²) in [5, 5.41) is 9.00. The van der Waals surface area contributed by atoms with Crippen LogP contribution in [0.15, 0.2) is 6.07 Å². The molecule has 1 saturated heterocycles. The Bertz CT molecular complexity index is 428. The van der Waals surface area contributed by atoms with Crippen LogP contribution in [0.1, 0.15) is 38.2 Å². The summed E-state index contributed by atoms with van der Waals surface area (Å²) in [4.78, 5) is 11.1. The summed E-state index contributed by atoms with van der Waals surface area (Å²) in [6.45, 7) is 6.36. The van der Waals surface area contributed by atoms with Crippen LogP contribution in [0.4, 0.5) is 5.82 Å². The van der Waals surface area contributed by atoms with Gasteiger partial charge in [-0.05, 0) is 18.8 Å². The van der Waals surface area contributed by atoms with E-state index in [0.29, 0.717) is 11.6 Å². The van der Waals surface area contributed by atoms with Crippen molar-refractivity contribution in [3.63, 3.8) is 0 Å². The molecule has 1 fully saturated rings. The van der Waals surface area contributed by atoms with Crippen LogP contribution < -0.4 is 4.90 Å². The number of nitriles is 1. The van der Waals surface area contributed by atoms with Crippen LogP contribution in [0.25, 0.3) is 0 Å². The first-order valence-electron chi connectivity index (χ1n) is 6.22. The third-order valence-corrected chi connectivity index (χ3v) is 2.89. The maximum absolute atomic E-state index is 9.00. The number of nitrogens with zero attached hydrogens (tertiary/aromatic N) is 4. The Morgan fingerprint density at radius 3 is 2.65 bits per heavy atom. The Labute approximate surface area is 102 Å². The molecule has 0 bridgehead atoms. The highest BCUT2D eigenvalue weighted by Crippen LogP contribution is 2.19. The van der Waals surface area contributed by atoms with Gasteiger partial charge in [-0.2, -0.15) is 5.26 Å². The lowest BCUT2D eigenvalue weighted by atomic mass is 10.1. The molecule has 0 amide bonds. The molecule has 0 aromatic carbocycles. The summed E-state index contributed by atoms with van der Waals surface area (Å²) in [5.41, 5.74) is 0.484. The third kappa shape index (κ3) is 2.94. The van der Waals surface area contributed by atoms with Crippen LogP contribution >= 0.6 is 0 Å². The molecule has 2 rings (SSSR count). The largest absolute Gasteiger partial charge is 0.356 e. The molecule has 0 saturated carbocycles. The minimum Gasteiger partial charge on any atom is -0.356 e. The Hall–Kier alpha value is -1.63. The summed E-state index contributed by atoms with van der Waals surface area (Å²) in [5.74, 6) is 2.22. The van der Waals surface area contributed by atoms with Crippen molar-refractivity contribution in [3.05, 3.63) is 17.6 Å². The number of hydrogen-bond donors (Lipinski definition) is 0. The van der Waals surface area contributed by atoms with E-state index in [1.165, 1.54) is 12.8 Å². The van der Waals surface area contributed by atoms with Crippen molar-refractivity contribution < 1.29 is 0 Å². The summed E-state index contributed by atoms with van der Waals surface area (Å²) in [7, 11) is 0. The van der Waals surface area contributed by atoms with Gasteiger partial charge in [-0.25, -0.2) is 9.97 Å². The van der Waals surface area contributed by atoms with Gasteiger partial charge in [0.1, 0.15) is 23.4 Å². The summed E-state index contributed by atoms with van der Waals surface area (Å²) >= 11 is 0. The standard InChI is InChI=1S/C13H18N4/c1-10(2)7-12-15-11(9-14)8-13(16-12)17-5-3-4-6-17/h8,10H,3-7H2,1-2H3. The zero-order valence-electron chi connectivity index (χ0n) is 10.5. The molecule has 0 N–H and O–H groups in total.